The van der Waals surface area contributed by atoms with Crippen molar-refractivity contribution in [3.8, 4) is 11.5 Å². The normalized spacial score (nSPS) is 10.1. The molecule has 0 aliphatic rings. The number of ether oxygens (including phenoxy) is 2. The fourth-order valence-corrected chi connectivity index (χ4v) is 2.28. The fourth-order valence-electron chi connectivity index (χ4n) is 2.28. The van der Waals surface area contributed by atoms with Crippen LogP contribution < -0.4 is 15.2 Å². The Labute approximate surface area is 130 Å². The van der Waals surface area contributed by atoms with Gasteiger partial charge in [-0.1, -0.05) is 30.3 Å². The molecule has 0 aliphatic carbocycles. The second-order valence-electron chi connectivity index (χ2n) is 4.95. The van der Waals surface area contributed by atoms with Crippen LogP contribution in [0.25, 0.3) is 0 Å². The van der Waals surface area contributed by atoms with Crippen LogP contribution in [-0.2, 0) is 6.54 Å². The minimum absolute atomic E-state index is 0.175. The third-order valence-corrected chi connectivity index (χ3v) is 3.34. The van der Waals surface area contributed by atoms with E-state index in [2.05, 4.69) is 0 Å². The zero-order valence-corrected chi connectivity index (χ0v) is 13.0. The summed E-state index contributed by atoms with van der Waals surface area (Å²) in [5, 5.41) is 0. The number of hydrogen-bond acceptors (Lipinski definition) is 4. The first-order valence-corrected chi connectivity index (χ1v) is 6.87. The molecule has 2 aromatic carbocycles. The maximum absolute atomic E-state index is 12.7. The molecule has 1 amide bonds. The summed E-state index contributed by atoms with van der Waals surface area (Å²) in [6.07, 6.45) is 0. The number of carbonyl (C=O) groups excluding carboxylic acids is 1. The second-order valence-corrected chi connectivity index (χ2v) is 4.95. The summed E-state index contributed by atoms with van der Waals surface area (Å²) in [6, 6.07) is 13.0. The molecule has 22 heavy (non-hydrogen) atoms. The van der Waals surface area contributed by atoms with Gasteiger partial charge >= 0.3 is 0 Å². The lowest BCUT2D eigenvalue weighted by Crippen LogP contribution is -2.26. The van der Waals surface area contributed by atoms with E-state index in [1.54, 1.807) is 24.1 Å². The highest BCUT2D eigenvalue weighted by Crippen LogP contribution is 2.34. The Morgan fingerprint density at radius 2 is 1.82 bits per heavy atom. The summed E-state index contributed by atoms with van der Waals surface area (Å²) in [5.74, 6) is 0.659. The van der Waals surface area contributed by atoms with E-state index in [0.29, 0.717) is 29.3 Å². The Kier molecular flexibility index (Phi) is 4.88. The number of benzene rings is 2. The number of anilines is 1. The molecule has 0 atom stereocenters. The van der Waals surface area contributed by atoms with Crippen LogP contribution in [0.1, 0.15) is 15.9 Å². The Balaban J connectivity index is 2.30. The van der Waals surface area contributed by atoms with E-state index in [9.17, 15) is 4.79 Å². The van der Waals surface area contributed by atoms with Gasteiger partial charge < -0.3 is 20.1 Å². The van der Waals surface area contributed by atoms with Crippen LogP contribution >= 0.6 is 0 Å². The van der Waals surface area contributed by atoms with E-state index in [4.69, 9.17) is 15.2 Å². The lowest BCUT2D eigenvalue weighted by Gasteiger charge is -2.20. The van der Waals surface area contributed by atoms with Gasteiger partial charge in [0.1, 0.15) is 0 Å². The number of rotatable bonds is 5. The molecule has 0 heterocycles. The van der Waals surface area contributed by atoms with Gasteiger partial charge in [0.25, 0.3) is 5.91 Å². The van der Waals surface area contributed by atoms with Gasteiger partial charge in [0.2, 0.25) is 0 Å². The molecule has 116 valence electrons. The third kappa shape index (κ3) is 3.31. The molecule has 2 aromatic rings. The zero-order valence-electron chi connectivity index (χ0n) is 13.0. The van der Waals surface area contributed by atoms with E-state index < -0.39 is 0 Å². The fraction of sp³-hybridized carbons (Fsp3) is 0.235. The van der Waals surface area contributed by atoms with Crippen molar-refractivity contribution < 1.29 is 14.3 Å². The number of nitrogens with zero attached hydrogens (tertiary/aromatic N) is 1. The lowest BCUT2D eigenvalue weighted by molar-refractivity contribution is 0.0781. The maximum Gasteiger partial charge on any atom is 0.257 e. The van der Waals surface area contributed by atoms with Crippen molar-refractivity contribution in [2.75, 3.05) is 27.0 Å². The first kappa shape index (κ1) is 15.7. The summed E-state index contributed by atoms with van der Waals surface area (Å²) < 4.78 is 10.5. The predicted octanol–water partition coefficient (Wildman–Crippen LogP) is 2.56. The molecule has 0 saturated carbocycles. The van der Waals surface area contributed by atoms with Crippen LogP contribution in [0.2, 0.25) is 0 Å². The Bertz CT molecular complexity index is 656. The van der Waals surface area contributed by atoms with Gasteiger partial charge in [-0.2, -0.15) is 0 Å². The van der Waals surface area contributed by atoms with Crippen LogP contribution in [0, 0.1) is 0 Å². The van der Waals surface area contributed by atoms with Gasteiger partial charge in [0.05, 0.1) is 19.8 Å². The van der Waals surface area contributed by atoms with Crippen molar-refractivity contribution in [2.24, 2.45) is 0 Å². The minimum atomic E-state index is -0.175. The van der Waals surface area contributed by atoms with Gasteiger partial charge in [0.15, 0.2) is 11.5 Å². The quantitative estimate of drug-likeness (QED) is 0.862. The summed E-state index contributed by atoms with van der Waals surface area (Å²) in [7, 11) is 4.76. The Hall–Kier alpha value is -2.69. The number of nitrogens with two attached hydrogens (primary N) is 1. The molecule has 0 aliphatic heterocycles. The Morgan fingerprint density at radius 3 is 2.41 bits per heavy atom. The van der Waals surface area contributed by atoms with E-state index in [1.165, 1.54) is 14.2 Å². The highest BCUT2D eigenvalue weighted by molar-refractivity contribution is 5.98. The van der Waals surface area contributed by atoms with Crippen LogP contribution in [-0.4, -0.2) is 32.1 Å². The molecule has 2 N–H and O–H groups in total. The predicted molar refractivity (Wildman–Crippen MR) is 86.2 cm³/mol. The Morgan fingerprint density at radius 1 is 1.14 bits per heavy atom. The van der Waals surface area contributed by atoms with Gasteiger partial charge in [-0.15, -0.1) is 0 Å². The molecule has 0 unspecified atom stereocenters. The van der Waals surface area contributed by atoms with Crippen LogP contribution in [0.3, 0.4) is 0 Å². The SMILES string of the molecule is COc1cc(N)cc(C(=O)N(C)Cc2ccccc2)c1OC. The first-order valence-electron chi connectivity index (χ1n) is 6.87. The monoisotopic (exact) mass is 300 g/mol. The standard InChI is InChI=1S/C17H20N2O3/c1-19(11-12-7-5-4-6-8-12)17(20)14-9-13(18)10-15(21-2)16(14)22-3/h4-10H,11,18H2,1-3H3. The van der Waals surface area contributed by atoms with Gasteiger partial charge in [-0.3, -0.25) is 4.79 Å². The molecule has 0 bridgehead atoms. The van der Waals surface area contributed by atoms with Crippen LogP contribution in [0.15, 0.2) is 42.5 Å². The van der Waals surface area contributed by atoms with Crippen molar-refractivity contribution in [3.63, 3.8) is 0 Å². The number of amides is 1. The summed E-state index contributed by atoms with van der Waals surface area (Å²) >= 11 is 0. The number of nitrogen functional groups attached to an aromatic ring is 1. The second kappa shape index (κ2) is 6.85. The molecule has 0 fully saturated rings. The van der Waals surface area contributed by atoms with Crippen molar-refractivity contribution in [2.45, 2.75) is 6.54 Å². The number of methoxy groups -OCH3 is 2. The molecular weight excluding hydrogens is 280 g/mol. The largest absolute Gasteiger partial charge is 0.493 e. The summed E-state index contributed by atoms with van der Waals surface area (Å²) in [4.78, 5) is 14.3. The van der Waals surface area contributed by atoms with Gasteiger partial charge in [0, 0.05) is 25.3 Å². The van der Waals surface area contributed by atoms with E-state index in [1.807, 2.05) is 30.3 Å². The van der Waals surface area contributed by atoms with Gasteiger partial charge in [-0.25, -0.2) is 0 Å². The average Bonchev–Trinajstić information content (AvgIpc) is 2.54. The molecule has 0 saturated heterocycles. The molecule has 0 spiro atoms. The van der Waals surface area contributed by atoms with Crippen molar-refractivity contribution in [1.29, 1.82) is 0 Å². The smallest absolute Gasteiger partial charge is 0.257 e. The number of carbonyl (C=O) groups is 1. The third-order valence-electron chi connectivity index (χ3n) is 3.34. The molecule has 2 rings (SSSR count). The highest BCUT2D eigenvalue weighted by atomic mass is 16.5. The van der Waals surface area contributed by atoms with Gasteiger partial charge in [-0.05, 0) is 11.6 Å². The topological polar surface area (TPSA) is 64.8 Å². The zero-order chi connectivity index (χ0) is 16.1. The van der Waals surface area contributed by atoms with Crippen LogP contribution in [0.5, 0.6) is 11.5 Å². The molecule has 0 aromatic heterocycles. The van der Waals surface area contributed by atoms with E-state index >= 15 is 0 Å². The van der Waals surface area contributed by atoms with Crippen LogP contribution in [0.4, 0.5) is 5.69 Å². The van der Waals surface area contributed by atoms with Crippen molar-refractivity contribution in [3.05, 3.63) is 53.6 Å². The molecular formula is C17H20N2O3. The van der Waals surface area contributed by atoms with E-state index in [-0.39, 0.29) is 5.91 Å². The molecule has 0 radical (unpaired) electrons. The minimum Gasteiger partial charge on any atom is -0.493 e. The number of hydrogen-bond donors (Lipinski definition) is 1. The van der Waals surface area contributed by atoms with Crippen molar-refractivity contribution in [1.82, 2.24) is 4.90 Å². The highest BCUT2D eigenvalue weighted by Gasteiger charge is 2.21. The van der Waals surface area contributed by atoms with Crippen molar-refractivity contribution >= 4 is 11.6 Å². The lowest BCUT2D eigenvalue weighted by atomic mass is 10.1. The summed E-state index contributed by atoms with van der Waals surface area (Å²) in [5.41, 5.74) is 7.73. The average molecular weight is 300 g/mol. The van der Waals surface area contributed by atoms with E-state index in [0.717, 1.165) is 5.56 Å². The first-order chi connectivity index (χ1) is 10.6. The molecule has 5 heteroatoms. The summed E-state index contributed by atoms with van der Waals surface area (Å²) in [6.45, 7) is 0.500. The molecule has 5 nitrogen and oxygen atoms in total. The maximum atomic E-state index is 12.7.